The average molecular weight is 355 g/mol. The third-order valence-electron chi connectivity index (χ3n) is 4.01. The number of nitrogens with zero attached hydrogens (tertiary/aromatic N) is 1. The minimum Gasteiger partial charge on any atom is -0.317 e. The summed E-state index contributed by atoms with van der Waals surface area (Å²) in [5.41, 5.74) is -0.290. The van der Waals surface area contributed by atoms with Crippen LogP contribution in [0.4, 0.5) is 18.3 Å². The Morgan fingerprint density at radius 3 is 2.79 bits per heavy atom. The maximum atomic E-state index is 14.0. The molecule has 1 aliphatic rings. The second-order valence-electron chi connectivity index (χ2n) is 5.57. The first-order chi connectivity index (χ1) is 11.6. The number of hydrogen-bond donors (Lipinski definition) is 2. The summed E-state index contributed by atoms with van der Waals surface area (Å²) in [6.45, 7) is 1.85. The lowest BCUT2D eigenvalue weighted by Gasteiger charge is -2.20. The number of nitrogens with one attached hydrogen (secondary N) is 2. The van der Waals surface area contributed by atoms with Gasteiger partial charge in [-0.3, -0.25) is 10.1 Å². The van der Waals surface area contributed by atoms with Crippen LogP contribution in [0.1, 0.15) is 46.8 Å². The van der Waals surface area contributed by atoms with Crippen LogP contribution in [0.25, 0.3) is 0 Å². The number of thiazole rings is 1. The molecular weight excluding hydrogens is 339 g/mol. The van der Waals surface area contributed by atoms with E-state index in [0.717, 1.165) is 37.7 Å². The first-order valence-electron chi connectivity index (χ1n) is 7.60. The van der Waals surface area contributed by atoms with Gasteiger partial charge in [0.1, 0.15) is 5.82 Å². The molecule has 1 aromatic heterocycles. The predicted molar refractivity (Wildman–Crippen MR) is 86.3 cm³/mol. The second kappa shape index (κ2) is 7.31. The minimum atomic E-state index is -2.97. The zero-order chi connectivity index (χ0) is 17.1. The van der Waals surface area contributed by atoms with E-state index >= 15 is 0 Å². The molecule has 0 bridgehead atoms. The average Bonchev–Trinajstić information content (AvgIpc) is 3.04. The highest BCUT2D eigenvalue weighted by atomic mass is 32.1. The first kappa shape index (κ1) is 16.9. The van der Waals surface area contributed by atoms with Crippen LogP contribution >= 0.6 is 11.3 Å². The largest absolute Gasteiger partial charge is 0.317 e. The van der Waals surface area contributed by atoms with Crippen LogP contribution in [0.2, 0.25) is 0 Å². The zero-order valence-corrected chi connectivity index (χ0v) is 13.5. The van der Waals surface area contributed by atoms with E-state index in [9.17, 15) is 18.0 Å². The van der Waals surface area contributed by atoms with Crippen LogP contribution in [-0.4, -0.2) is 24.0 Å². The molecule has 8 heteroatoms. The fraction of sp³-hybridized carbons (Fsp3) is 0.375. The van der Waals surface area contributed by atoms with Crippen LogP contribution in [0.15, 0.2) is 23.6 Å². The SMILES string of the molecule is O=C(Nc1nc(C2CCNCC2)cs1)c1cccc(C(F)F)c1F. The van der Waals surface area contributed by atoms with E-state index in [2.05, 4.69) is 15.6 Å². The number of amides is 1. The highest BCUT2D eigenvalue weighted by Crippen LogP contribution is 2.29. The van der Waals surface area contributed by atoms with Gasteiger partial charge in [0, 0.05) is 11.3 Å². The number of rotatable bonds is 4. The highest BCUT2D eigenvalue weighted by molar-refractivity contribution is 7.14. The Hall–Kier alpha value is -1.93. The molecule has 0 spiro atoms. The van der Waals surface area contributed by atoms with E-state index in [0.29, 0.717) is 11.0 Å². The lowest BCUT2D eigenvalue weighted by molar-refractivity contribution is 0.102. The molecule has 2 heterocycles. The number of benzene rings is 1. The number of aromatic nitrogens is 1. The number of piperidine rings is 1. The summed E-state index contributed by atoms with van der Waals surface area (Å²) in [6, 6.07) is 3.38. The summed E-state index contributed by atoms with van der Waals surface area (Å²) in [5, 5.41) is 7.98. The molecule has 2 N–H and O–H groups in total. The standard InChI is InChI=1S/C16H16F3N3OS/c17-13-10(14(18)19)2-1-3-11(13)15(23)22-16-21-12(8-24-16)9-4-6-20-7-5-9/h1-3,8-9,14,20H,4-7H2,(H,21,22,23). The van der Waals surface area contributed by atoms with Crippen LogP contribution in [0.3, 0.4) is 0 Å². The first-order valence-corrected chi connectivity index (χ1v) is 8.48. The van der Waals surface area contributed by atoms with Gasteiger partial charge in [-0.2, -0.15) is 0 Å². The summed E-state index contributed by atoms with van der Waals surface area (Å²) >= 11 is 1.25. The van der Waals surface area contributed by atoms with Crippen molar-refractivity contribution in [2.45, 2.75) is 25.2 Å². The maximum absolute atomic E-state index is 14.0. The normalized spacial score (nSPS) is 15.7. The summed E-state index contributed by atoms with van der Waals surface area (Å²) in [4.78, 5) is 16.5. The molecule has 2 aromatic rings. The number of hydrogen-bond acceptors (Lipinski definition) is 4. The molecule has 1 saturated heterocycles. The van der Waals surface area contributed by atoms with Crippen LogP contribution in [0.5, 0.6) is 0 Å². The number of anilines is 1. The smallest absolute Gasteiger partial charge is 0.266 e. The lowest BCUT2D eigenvalue weighted by Crippen LogP contribution is -2.26. The third kappa shape index (κ3) is 3.59. The van der Waals surface area contributed by atoms with Gasteiger partial charge in [-0.25, -0.2) is 18.2 Å². The van der Waals surface area contributed by atoms with Crippen LogP contribution < -0.4 is 10.6 Å². The van der Waals surface area contributed by atoms with Crippen LogP contribution in [0, 0.1) is 5.82 Å². The van der Waals surface area contributed by atoms with Gasteiger partial charge in [-0.15, -0.1) is 11.3 Å². The molecule has 3 rings (SSSR count). The Balaban J connectivity index is 1.73. The quantitative estimate of drug-likeness (QED) is 0.873. The number of alkyl halides is 2. The number of halogens is 3. The summed E-state index contributed by atoms with van der Waals surface area (Å²) in [5.74, 6) is -1.63. The van der Waals surface area contributed by atoms with Crippen molar-refractivity contribution >= 4 is 22.4 Å². The van der Waals surface area contributed by atoms with Gasteiger partial charge in [0.15, 0.2) is 5.13 Å². The van der Waals surface area contributed by atoms with Gasteiger partial charge in [-0.05, 0) is 32.0 Å². The van der Waals surface area contributed by atoms with Gasteiger partial charge in [-0.1, -0.05) is 12.1 Å². The Kier molecular flexibility index (Phi) is 5.15. The van der Waals surface area contributed by atoms with Crippen molar-refractivity contribution in [1.29, 1.82) is 0 Å². The second-order valence-corrected chi connectivity index (χ2v) is 6.42. The van der Waals surface area contributed by atoms with E-state index in [-0.39, 0.29) is 0 Å². The Morgan fingerprint density at radius 2 is 2.08 bits per heavy atom. The van der Waals surface area contributed by atoms with E-state index in [1.807, 2.05) is 5.38 Å². The molecule has 0 aliphatic carbocycles. The Labute approximate surface area is 141 Å². The van der Waals surface area contributed by atoms with Crippen molar-refractivity contribution in [1.82, 2.24) is 10.3 Å². The topological polar surface area (TPSA) is 54.0 Å². The molecule has 1 aliphatic heterocycles. The van der Waals surface area contributed by atoms with Gasteiger partial charge < -0.3 is 5.32 Å². The fourth-order valence-electron chi connectivity index (χ4n) is 2.71. The number of carbonyl (C=O) groups excluding carboxylic acids is 1. The van der Waals surface area contributed by atoms with E-state index in [4.69, 9.17) is 0 Å². The molecule has 1 amide bonds. The number of carbonyl (C=O) groups is 1. The molecule has 0 radical (unpaired) electrons. The molecule has 24 heavy (non-hydrogen) atoms. The molecule has 128 valence electrons. The fourth-order valence-corrected chi connectivity index (χ4v) is 3.49. The van der Waals surface area contributed by atoms with Gasteiger partial charge in [0.2, 0.25) is 0 Å². The van der Waals surface area contributed by atoms with Crippen molar-refractivity contribution in [3.8, 4) is 0 Å². The van der Waals surface area contributed by atoms with Crippen molar-refractivity contribution < 1.29 is 18.0 Å². The lowest BCUT2D eigenvalue weighted by atomic mass is 9.96. The minimum absolute atomic E-state index is 0.340. The molecule has 4 nitrogen and oxygen atoms in total. The molecule has 0 unspecified atom stereocenters. The van der Waals surface area contributed by atoms with E-state index < -0.39 is 29.3 Å². The van der Waals surface area contributed by atoms with Crippen molar-refractivity contribution in [3.05, 3.63) is 46.2 Å². The van der Waals surface area contributed by atoms with Crippen molar-refractivity contribution in [3.63, 3.8) is 0 Å². The summed E-state index contributed by atoms with van der Waals surface area (Å²) in [6.07, 6.45) is -1.02. The maximum Gasteiger partial charge on any atom is 0.266 e. The Morgan fingerprint density at radius 1 is 1.33 bits per heavy atom. The predicted octanol–water partition coefficient (Wildman–Crippen LogP) is 3.94. The summed E-state index contributed by atoms with van der Waals surface area (Å²) in [7, 11) is 0. The molecule has 1 fully saturated rings. The third-order valence-corrected chi connectivity index (χ3v) is 4.78. The molecular formula is C16H16F3N3OS. The molecule has 1 aromatic carbocycles. The van der Waals surface area contributed by atoms with E-state index in [1.165, 1.54) is 23.5 Å². The van der Waals surface area contributed by atoms with Gasteiger partial charge >= 0.3 is 0 Å². The van der Waals surface area contributed by atoms with Crippen molar-refractivity contribution in [2.24, 2.45) is 0 Å². The van der Waals surface area contributed by atoms with Gasteiger partial charge in [0.25, 0.3) is 12.3 Å². The van der Waals surface area contributed by atoms with E-state index in [1.54, 1.807) is 0 Å². The zero-order valence-electron chi connectivity index (χ0n) is 12.7. The highest BCUT2D eigenvalue weighted by Gasteiger charge is 2.22. The molecule has 0 atom stereocenters. The molecule has 0 saturated carbocycles. The van der Waals surface area contributed by atoms with Gasteiger partial charge in [0.05, 0.1) is 16.8 Å². The Bertz CT molecular complexity index is 729. The monoisotopic (exact) mass is 355 g/mol. The van der Waals surface area contributed by atoms with Crippen molar-refractivity contribution in [2.75, 3.05) is 18.4 Å². The van der Waals surface area contributed by atoms with Crippen LogP contribution in [-0.2, 0) is 0 Å². The summed E-state index contributed by atoms with van der Waals surface area (Å²) < 4.78 is 39.4.